The van der Waals surface area contributed by atoms with Gasteiger partial charge in [0.15, 0.2) is 0 Å². The number of hydrogen-bond donors (Lipinski definition) is 2. The molecule has 1 unspecified atom stereocenters. The van der Waals surface area contributed by atoms with Crippen molar-refractivity contribution in [1.82, 2.24) is 0 Å². The highest BCUT2D eigenvalue weighted by atomic mass is 16.4. The number of carbonyl (C=O) groups is 2. The number of aromatic carboxylic acids is 1. The number of anilines is 1. The summed E-state index contributed by atoms with van der Waals surface area (Å²) in [6.07, 6.45) is 3.84. The lowest BCUT2D eigenvalue weighted by molar-refractivity contribution is -0.120. The molecule has 1 aromatic rings. The van der Waals surface area contributed by atoms with Gasteiger partial charge in [0.05, 0.1) is 5.56 Å². The van der Waals surface area contributed by atoms with E-state index in [-0.39, 0.29) is 17.4 Å². The molecule has 0 aliphatic heterocycles. The van der Waals surface area contributed by atoms with Crippen molar-refractivity contribution in [2.24, 2.45) is 5.92 Å². The Morgan fingerprint density at radius 2 is 2.00 bits per heavy atom. The number of carboxylic acid groups (broad SMARTS) is 1. The molecule has 1 aromatic carbocycles. The summed E-state index contributed by atoms with van der Waals surface area (Å²) in [5, 5.41) is 11.8. The van der Waals surface area contributed by atoms with Crippen LogP contribution in [-0.4, -0.2) is 17.0 Å². The average Bonchev–Trinajstić information content (AvgIpc) is 2.41. The minimum Gasteiger partial charge on any atom is -0.478 e. The molecule has 0 bridgehead atoms. The molecule has 0 saturated carbocycles. The molecular formula is C16H23NO3. The molecule has 20 heavy (non-hydrogen) atoms. The van der Waals surface area contributed by atoms with E-state index in [2.05, 4.69) is 12.2 Å². The molecule has 0 aromatic heterocycles. The number of nitrogens with one attached hydrogen (secondary N) is 1. The predicted molar refractivity (Wildman–Crippen MR) is 80.1 cm³/mol. The molecule has 0 fully saturated rings. The average molecular weight is 277 g/mol. The maximum atomic E-state index is 12.2. The molecular weight excluding hydrogens is 254 g/mol. The lowest BCUT2D eigenvalue weighted by Gasteiger charge is -2.16. The highest BCUT2D eigenvalue weighted by Crippen LogP contribution is 2.20. The number of hydrogen-bond acceptors (Lipinski definition) is 2. The van der Waals surface area contributed by atoms with Gasteiger partial charge in [0.2, 0.25) is 5.91 Å². The van der Waals surface area contributed by atoms with E-state index in [1.807, 2.05) is 6.92 Å². The van der Waals surface area contributed by atoms with Gasteiger partial charge in [-0.25, -0.2) is 4.79 Å². The molecule has 2 N–H and O–H groups in total. The van der Waals surface area contributed by atoms with Crippen LogP contribution >= 0.6 is 0 Å². The van der Waals surface area contributed by atoms with Gasteiger partial charge in [0, 0.05) is 11.6 Å². The molecule has 1 rings (SSSR count). The van der Waals surface area contributed by atoms with Gasteiger partial charge in [-0.05, 0) is 43.5 Å². The Balaban J connectivity index is 2.76. The van der Waals surface area contributed by atoms with Crippen LogP contribution < -0.4 is 5.32 Å². The number of aryl methyl sites for hydroxylation is 1. The fraction of sp³-hybridized carbons (Fsp3) is 0.500. The van der Waals surface area contributed by atoms with Crippen LogP contribution in [0.4, 0.5) is 5.69 Å². The van der Waals surface area contributed by atoms with Crippen LogP contribution in [-0.2, 0) is 4.79 Å². The number of carboxylic acids is 1. The topological polar surface area (TPSA) is 66.4 Å². The second kappa shape index (κ2) is 7.68. The summed E-state index contributed by atoms with van der Waals surface area (Å²) in [4.78, 5) is 23.1. The SMILES string of the molecule is CCCCC(CC)C(=O)Nc1ccc(C(=O)O)cc1C. The quantitative estimate of drug-likeness (QED) is 0.795. The Labute approximate surface area is 120 Å². The molecule has 1 atom stereocenters. The third-order valence-corrected chi connectivity index (χ3v) is 3.50. The van der Waals surface area contributed by atoms with Crippen molar-refractivity contribution < 1.29 is 14.7 Å². The van der Waals surface area contributed by atoms with E-state index in [1.165, 1.54) is 6.07 Å². The van der Waals surface area contributed by atoms with E-state index in [1.54, 1.807) is 19.1 Å². The third kappa shape index (κ3) is 4.37. The minimum absolute atomic E-state index is 0.0205. The lowest BCUT2D eigenvalue weighted by atomic mass is 9.98. The van der Waals surface area contributed by atoms with E-state index in [0.29, 0.717) is 5.69 Å². The molecule has 0 heterocycles. The Morgan fingerprint density at radius 1 is 1.30 bits per heavy atom. The van der Waals surface area contributed by atoms with Gasteiger partial charge >= 0.3 is 5.97 Å². The summed E-state index contributed by atoms with van der Waals surface area (Å²) in [6, 6.07) is 4.74. The van der Waals surface area contributed by atoms with Crippen molar-refractivity contribution in [3.8, 4) is 0 Å². The van der Waals surface area contributed by atoms with Crippen LogP contribution in [0.5, 0.6) is 0 Å². The summed E-state index contributed by atoms with van der Waals surface area (Å²) in [7, 11) is 0. The molecule has 0 aliphatic rings. The summed E-state index contributed by atoms with van der Waals surface area (Å²) < 4.78 is 0. The first-order valence-corrected chi connectivity index (χ1v) is 7.14. The number of rotatable bonds is 7. The number of carbonyl (C=O) groups excluding carboxylic acids is 1. The Morgan fingerprint density at radius 3 is 2.50 bits per heavy atom. The van der Waals surface area contributed by atoms with Crippen LogP contribution in [0.1, 0.15) is 55.5 Å². The van der Waals surface area contributed by atoms with Gasteiger partial charge < -0.3 is 10.4 Å². The maximum absolute atomic E-state index is 12.2. The maximum Gasteiger partial charge on any atom is 0.335 e. The molecule has 0 aliphatic carbocycles. The first-order valence-electron chi connectivity index (χ1n) is 7.14. The van der Waals surface area contributed by atoms with Gasteiger partial charge in [-0.2, -0.15) is 0 Å². The third-order valence-electron chi connectivity index (χ3n) is 3.50. The number of amides is 1. The van der Waals surface area contributed by atoms with Gasteiger partial charge in [-0.15, -0.1) is 0 Å². The number of benzene rings is 1. The van der Waals surface area contributed by atoms with Crippen molar-refractivity contribution in [3.63, 3.8) is 0 Å². The summed E-state index contributed by atoms with van der Waals surface area (Å²) in [5.41, 5.74) is 1.69. The van der Waals surface area contributed by atoms with Crippen LogP contribution in [0, 0.1) is 12.8 Å². The van der Waals surface area contributed by atoms with Crippen molar-refractivity contribution in [2.75, 3.05) is 5.32 Å². The zero-order valence-corrected chi connectivity index (χ0v) is 12.4. The van der Waals surface area contributed by atoms with Crippen LogP contribution in [0.25, 0.3) is 0 Å². The highest BCUT2D eigenvalue weighted by molar-refractivity contribution is 5.94. The van der Waals surface area contributed by atoms with Crippen LogP contribution in [0.15, 0.2) is 18.2 Å². The van der Waals surface area contributed by atoms with E-state index in [4.69, 9.17) is 5.11 Å². The van der Waals surface area contributed by atoms with Crippen LogP contribution in [0.2, 0.25) is 0 Å². The zero-order chi connectivity index (χ0) is 15.1. The zero-order valence-electron chi connectivity index (χ0n) is 12.4. The smallest absolute Gasteiger partial charge is 0.335 e. The van der Waals surface area contributed by atoms with Gasteiger partial charge in [-0.3, -0.25) is 4.79 Å². The lowest BCUT2D eigenvalue weighted by Crippen LogP contribution is -2.22. The molecule has 0 radical (unpaired) electrons. The standard InChI is InChI=1S/C16H23NO3/c1-4-6-7-12(5-2)15(18)17-14-9-8-13(16(19)20)10-11(14)3/h8-10,12H,4-7H2,1-3H3,(H,17,18)(H,19,20). The minimum atomic E-state index is -0.958. The van der Waals surface area contributed by atoms with Crippen molar-refractivity contribution >= 4 is 17.6 Å². The Bertz CT molecular complexity index is 483. The second-order valence-corrected chi connectivity index (χ2v) is 5.07. The Hall–Kier alpha value is -1.84. The summed E-state index contributed by atoms with van der Waals surface area (Å²) >= 11 is 0. The van der Waals surface area contributed by atoms with E-state index >= 15 is 0 Å². The molecule has 0 saturated heterocycles. The summed E-state index contributed by atoms with van der Waals surface area (Å²) in [5.74, 6) is -0.916. The van der Waals surface area contributed by atoms with E-state index in [0.717, 1.165) is 31.2 Å². The van der Waals surface area contributed by atoms with Gasteiger partial charge in [-0.1, -0.05) is 26.7 Å². The first kappa shape index (κ1) is 16.2. The van der Waals surface area contributed by atoms with Crippen molar-refractivity contribution in [3.05, 3.63) is 29.3 Å². The van der Waals surface area contributed by atoms with Crippen molar-refractivity contribution in [2.45, 2.75) is 46.5 Å². The largest absolute Gasteiger partial charge is 0.478 e. The van der Waals surface area contributed by atoms with Crippen molar-refractivity contribution in [1.29, 1.82) is 0 Å². The molecule has 4 heteroatoms. The second-order valence-electron chi connectivity index (χ2n) is 5.07. The first-order chi connectivity index (χ1) is 9.49. The highest BCUT2D eigenvalue weighted by Gasteiger charge is 2.17. The molecule has 1 amide bonds. The van der Waals surface area contributed by atoms with E-state index < -0.39 is 5.97 Å². The normalized spacial score (nSPS) is 11.9. The Kier molecular flexibility index (Phi) is 6.22. The fourth-order valence-electron chi connectivity index (χ4n) is 2.14. The van der Waals surface area contributed by atoms with Gasteiger partial charge in [0.1, 0.15) is 0 Å². The monoisotopic (exact) mass is 277 g/mol. The molecule has 0 spiro atoms. The predicted octanol–water partition coefficient (Wildman–Crippen LogP) is 3.85. The molecule has 4 nitrogen and oxygen atoms in total. The number of unbranched alkanes of at least 4 members (excludes halogenated alkanes) is 1. The summed E-state index contributed by atoms with van der Waals surface area (Å²) in [6.45, 7) is 5.93. The van der Waals surface area contributed by atoms with Crippen LogP contribution in [0.3, 0.4) is 0 Å². The fourth-order valence-corrected chi connectivity index (χ4v) is 2.14. The van der Waals surface area contributed by atoms with E-state index in [9.17, 15) is 9.59 Å². The van der Waals surface area contributed by atoms with Gasteiger partial charge in [0.25, 0.3) is 0 Å². The molecule has 110 valence electrons.